The van der Waals surface area contributed by atoms with Gasteiger partial charge in [0.2, 0.25) is 5.91 Å². The molecular weight excluding hydrogens is 286 g/mol. The molecule has 8 nitrogen and oxygen atoms in total. The second-order valence-corrected chi connectivity index (χ2v) is 5.79. The summed E-state index contributed by atoms with van der Waals surface area (Å²) in [7, 11) is 1.87. The van der Waals surface area contributed by atoms with E-state index in [1.807, 2.05) is 18.9 Å². The molecule has 120 valence electrons. The smallest absolute Gasteiger partial charge is 0.407 e. The molecule has 0 spiro atoms. The van der Waals surface area contributed by atoms with E-state index in [1.54, 1.807) is 4.68 Å². The maximum atomic E-state index is 12.1. The van der Waals surface area contributed by atoms with Gasteiger partial charge in [-0.05, 0) is 13.3 Å². The van der Waals surface area contributed by atoms with Crippen molar-refractivity contribution in [3.8, 4) is 0 Å². The summed E-state index contributed by atoms with van der Waals surface area (Å²) in [5.74, 6) is 0.932. The van der Waals surface area contributed by atoms with Crippen LogP contribution in [0, 0.1) is 6.92 Å². The Kier molecular flexibility index (Phi) is 3.67. The van der Waals surface area contributed by atoms with Crippen LogP contribution in [0.25, 0.3) is 0 Å². The molecule has 3 rings (SSSR count). The number of carboxylic acid groups (broad SMARTS) is 1. The van der Waals surface area contributed by atoms with Crippen LogP contribution in [0.3, 0.4) is 0 Å². The van der Waals surface area contributed by atoms with Gasteiger partial charge in [0, 0.05) is 46.2 Å². The highest BCUT2D eigenvalue weighted by Gasteiger charge is 2.32. The molecule has 2 fully saturated rings. The van der Waals surface area contributed by atoms with Crippen molar-refractivity contribution in [1.29, 1.82) is 0 Å². The molecule has 0 saturated carbocycles. The van der Waals surface area contributed by atoms with Gasteiger partial charge in [-0.2, -0.15) is 5.10 Å². The number of hydrogen-bond donors (Lipinski definition) is 1. The summed E-state index contributed by atoms with van der Waals surface area (Å²) < 4.78 is 1.79. The lowest BCUT2D eigenvalue weighted by molar-refractivity contribution is -0.117. The summed E-state index contributed by atoms with van der Waals surface area (Å²) in [6, 6.07) is 0. The van der Waals surface area contributed by atoms with E-state index in [4.69, 9.17) is 5.11 Å². The fraction of sp³-hybridized carbons (Fsp3) is 0.643. The predicted molar refractivity (Wildman–Crippen MR) is 81.3 cm³/mol. The zero-order chi connectivity index (χ0) is 15.9. The minimum absolute atomic E-state index is 0.140. The van der Waals surface area contributed by atoms with E-state index in [1.165, 1.54) is 4.90 Å². The van der Waals surface area contributed by atoms with Crippen molar-refractivity contribution in [2.24, 2.45) is 7.05 Å². The Bertz CT molecular complexity index is 604. The topological polar surface area (TPSA) is 81.9 Å². The Hall–Kier alpha value is -2.25. The minimum atomic E-state index is -0.883. The summed E-state index contributed by atoms with van der Waals surface area (Å²) in [6.45, 7) is 4.80. The maximum absolute atomic E-state index is 12.1. The third kappa shape index (κ3) is 2.38. The van der Waals surface area contributed by atoms with Crippen LogP contribution in [-0.4, -0.2) is 64.5 Å². The van der Waals surface area contributed by atoms with Gasteiger partial charge in [0.1, 0.15) is 5.69 Å². The first-order chi connectivity index (χ1) is 10.5. The lowest BCUT2D eigenvalue weighted by Crippen LogP contribution is -2.48. The third-order valence-corrected chi connectivity index (χ3v) is 4.48. The number of nitrogens with zero attached hydrogens (tertiary/aromatic N) is 5. The molecule has 2 amide bonds. The Balaban J connectivity index is 1.87. The molecule has 22 heavy (non-hydrogen) atoms. The van der Waals surface area contributed by atoms with E-state index in [0.717, 1.165) is 30.2 Å². The van der Waals surface area contributed by atoms with Gasteiger partial charge in [-0.1, -0.05) is 0 Å². The summed E-state index contributed by atoms with van der Waals surface area (Å²) in [5, 5.41) is 13.6. The van der Waals surface area contributed by atoms with Gasteiger partial charge >= 0.3 is 6.09 Å². The Morgan fingerprint density at radius 1 is 1.18 bits per heavy atom. The molecule has 2 aliphatic heterocycles. The lowest BCUT2D eigenvalue weighted by Gasteiger charge is -2.34. The van der Waals surface area contributed by atoms with Gasteiger partial charge in [-0.25, -0.2) is 4.79 Å². The van der Waals surface area contributed by atoms with Crippen LogP contribution < -0.4 is 9.80 Å². The number of amides is 2. The summed E-state index contributed by atoms with van der Waals surface area (Å²) in [4.78, 5) is 28.4. The van der Waals surface area contributed by atoms with Gasteiger partial charge in [-0.15, -0.1) is 0 Å². The number of carbonyl (C=O) groups excluding carboxylic acids is 1. The number of anilines is 2. The normalized spacial score (nSPS) is 19.2. The molecule has 8 heteroatoms. The molecule has 0 radical (unpaired) electrons. The highest BCUT2D eigenvalue weighted by Crippen LogP contribution is 2.35. The lowest BCUT2D eigenvalue weighted by atomic mass is 10.2. The molecule has 0 aromatic carbocycles. The highest BCUT2D eigenvalue weighted by atomic mass is 16.4. The van der Waals surface area contributed by atoms with Crippen molar-refractivity contribution in [3.63, 3.8) is 0 Å². The number of aromatic nitrogens is 2. The SMILES string of the molecule is Cc1c(N2CCCC2=O)c(N2CCN(C(=O)O)CC2)nn1C. The molecule has 3 heterocycles. The van der Waals surface area contributed by atoms with Gasteiger partial charge in [-0.3, -0.25) is 9.48 Å². The van der Waals surface area contributed by atoms with Gasteiger partial charge in [0.05, 0.1) is 5.69 Å². The Morgan fingerprint density at radius 2 is 1.86 bits per heavy atom. The number of hydrogen-bond acceptors (Lipinski definition) is 4. The number of aryl methyl sites for hydroxylation is 1. The second kappa shape index (κ2) is 5.51. The molecule has 1 aromatic heterocycles. The zero-order valence-corrected chi connectivity index (χ0v) is 12.9. The average Bonchev–Trinajstić information content (AvgIpc) is 3.03. The molecule has 2 aliphatic rings. The molecule has 0 atom stereocenters. The number of piperazine rings is 1. The van der Waals surface area contributed by atoms with E-state index in [0.29, 0.717) is 32.6 Å². The van der Waals surface area contributed by atoms with Crippen LogP contribution in [0.15, 0.2) is 0 Å². The van der Waals surface area contributed by atoms with Gasteiger partial charge in [0.25, 0.3) is 0 Å². The molecule has 1 N–H and O–H groups in total. The van der Waals surface area contributed by atoms with Crippen molar-refractivity contribution in [3.05, 3.63) is 5.69 Å². The quantitative estimate of drug-likeness (QED) is 0.868. The first-order valence-corrected chi connectivity index (χ1v) is 7.56. The Morgan fingerprint density at radius 3 is 2.41 bits per heavy atom. The van der Waals surface area contributed by atoms with E-state index >= 15 is 0 Å². The first kappa shape index (κ1) is 14.7. The molecular formula is C14H21N5O3. The molecule has 1 aromatic rings. The van der Waals surface area contributed by atoms with E-state index in [9.17, 15) is 9.59 Å². The second-order valence-electron chi connectivity index (χ2n) is 5.79. The summed E-state index contributed by atoms with van der Waals surface area (Å²) in [5.41, 5.74) is 1.85. The summed E-state index contributed by atoms with van der Waals surface area (Å²) in [6.07, 6.45) is 0.576. The van der Waals surface area contributed by atoms with E-state index in [-0.39, 0.29) is 5.91 Å². The molecule has 0 unspecified atom stereocenters. The minimum Gasteiger partial charge on any atom is -0.465 e. The fourth-order valence-electron chi connectivity index (χ4n) is 3.10. The van der Waals surface area contributed by atoms with Crippen molar-refractivity contribution >= 4 is 23.5 Å². The average molecular weight is 307 g/mol. The highest BCUT2D eigenvalue weighted by molar-refractivity contribution is 5.98. The zero-order valence-electron chi connectivity index (χ0n) is 12.9. The summed E-state index contributed by atoms with van der Waals surface area (Å²) >= 11 is 0. The standard InChI is InChI=1S/C14H21N5O3/c1-10-12(19-5-3-4-11(19)20)13(15-16(10)2)17-6-8-18(9-7-17)14(21)22/h3-9H2,1-2H3,(H,21,22). The van der Waals surface area contributed by atoms with Crippen LogP contribution >= 0.6 is 0 Å². The molecule has 2 saturated heterocycles. The van der Waals surface area contributed by atoms with E-state index in [2.05, 4.69) is 10.00 Å². The first-order valence-electron chi connectivity index (χ1n) is 7.56. The van der Waals surface area contributed by atoms with Gasteiger partial charge < -0.3 is 19.8 Å². The largest absolute Gasteiger partial charge is 0.465 e. The van der Waals surface area contributed by atoms with Crippen molar-refractivity contribution in [1.82, 2.24) is 14.7 Å². The predicted octanol–water partition coefficient (Wildman–Crippen LogP) is 0.655. The maximum Gasteiger partial charge on any atom is 0.407 e. The van der Waals surface area contributed by atoms with Crippen LogP contribution in [0.5, 0.6) is 0 Å². The Labute approximate surface area is 128 Å². The van der Waals surface area contributed by atoms with Crippen LogP contribution in [-0.2, 0) is 11.8 Å². The monoisotopic (exact) mass is 307 g/mol. The van der Waals surface area contributed by atoms with Crippen molar-refractivity contribution in [2.75, 3.05) is 42.5 Å². The van der Waals surface area contributed by atoms with Crippen molar-refractivity contribution in [2.45, 2.75) is 19.8 Å². The molecule has 0 aliphatic carbocycles. The van der Waals surface area contributed by atoms with Gasteiger partial charge in [0.15, 0.2) is 5.82 Å². The number of carbonyl (C=O) groups is 2. The fourth-order valence-corrected chi connectivity index (χ4v) is 3.10. The van der Waals surface area contributed by atoms with Crippen LogP contribution in [0.4, 0.5) is 16.3 Å². The van der Waals surface area contributed by atoms with Crippen LogP contribution in [0.1, 0.15) is 18.5 Å². The van der Waals surface area contributed by atoms with Crippen molar-refractivity contribution < 1.29 is 14.7 Å². The molecule has 0 bridgehead atoms. The van der Waals surface area contributed by atoms with E-state index < -0.39 is 6.09 Å². The number of rotatable bonds is 2. The van der Waals surface area contributed by atoms with Crippen LogP contribution in [0.2, 0.25) is 0 Å². The third-order valence-electron chi connectivity index (χ3n) is 4.48.